The van der Waals surface area contributed by atoms with Gasteiger partial charge in [-0.05, 0) is 61.7 Å². The SMILES string of the molecule is CCCCCCCCC1CCC(C2CC3CC4CCCCC4CC3S2)CC1. The zero-order valence-corrected chi connectivity index (χ0v) is 19.0. The van der Waals surface area contributed by atoms with Crippen molar-refractivity contribution >= 4 is 11.8 Å². The monoisotopic (exact) mass is 390 g/mol. The van der Waals surface area contributed by atoms with Gasteiger partial charge in [-0.2, -0.15) is 11.8 Å². The van der Waals surface area contributed by atoms with Crippen LogP contribution in [0, 0.1) is 29.6 Å². The van der Waals surface area contributed by atoms with Gasteiger partial charge in [0.1, 0.15) is 0 Å². The van der Waals surface area contributed by atoms with Gasteiger partial charge >= 0.3 is 0 Å². The molecule has 0 bridgehead atoms. The molecule has 27 heavy (non-hydrogen) atoms. The van der Waals surface area contributed by atoms with Crippen molar-refractivity contribution in [2.24, 2.45) is 29.6 Å². The molecule has 3 saturated carbocycles. The average molecular weight is 391 g/mol. The van der Waals surface area contributed by atoms with Gasteiger partial charge in [-0.1, -0.05) is 90.4 Å². The lowest BCUT2D eigenvalue weighted by Crippen LogP contribution is -2.33. The molecule has 4 fully saturated rings. The van der Waals surface area contributed by atoms with E-state index >= 15 is 0 Å². The van der Waals surface area contributed by atoms with Crippen molar-refractivity contribution < 1.29 is 0 Å². The summed E-state index contributed by atoms with van der Waals surface area (Å²) >= 11 is 2.49. The Bertz CT molecular complexity index is 402. The largest absolute Gasteiger partial charge is 0.155 e. The lowest BCUT2D eigenvalue weighted by molar-refractivity contribution is 0.133. The average Bonchev–Trinajstić information content (AvgIpc) is 3.12. The molecule has 1 aliphatic heterocycles. The molecular weight excluding hydrogens is 344 g/mol. The number of hydrogen-bond donors (Lipinski definition) is 0. The van der Waals surface area contributed by atoms with E-state index in [2.05, 4.69) is 18.7 Å². The fourth-order valence-electron chi connectivity index (χ4n) is 7.30. The van der Waals surface area contributed by atoms with Gasteiger partial charge in [0.25, 0.3) is 0 Å². The number of unbranched alkanes of at least 4 members (excludes halogenated alkanes) is 5. The first-order chi connectivity index (χ1) is 13.3. The Balaban J connectivity index is 1.14. The molecule has 1 heteroatoms. The Morgan fingerprint density at radius 1 is 0.593 bits per heavy atom. The van der Waals surface area contributed by atoms with Gasteiger partial charge in [0, 0.05) is 10.5 Å². The van der Waals surface area contributed by atoms with Crippen molar-refractivity contribution in [3.05, 3.63) is 0 Å². The Labute approximate surface area is 174 Å². The van der Waals surface area contributed by atoms with E-state index < -0.39 is 0 Å². The van der Waals surface area contributed by atoms with Crippen LogP contribution in [0.15, 0.2) is 0 Å². The third kappa shape index (κ3) is 5.49. The van der Waals surface area contributed by atoms with Crippen LogP contribution in [0.3, 0.4) is 0 Å². The second-order valence-electron chi connectivity index (χ2n) is 10.8. The van der Waals surface area contributed by atoms with E-state index in [-0.39, 0.29) is 0 Å². The second kappa shape index (κ2) is 10.4. The highest BCUT2D eigenvalue weighted by Gasteiger charge is 2.45. The van der Waals surface area contributed by atoms with Gasteiger partial charge in [0.05, 0.1) is 0 Å². The first-order valence-corrected chi connectivity index (χ1v) is 13.9. The van der Waals surface area contributed by atoms with E-state index in [1.165, 1.54) is 51.4 Å². The zero-order valence-electron chi connectivity index (χ0n) is 18.2. The second-order valence-corrected chi connectivity index (χ2v) is 12.3. The summed E-state index contributed by atoms with van der Waals surface area (Å²) in [5, 5.41) is 2.12. The lowest BCUT2D eigenvalue weighted by Gasteiger charge is -2.41. The molecule has 0 nitrogen and oxygen atoms in total. The molecule has 0 amide bonds. The molecule has 1 saturated heterocycles. The van der Waals surface area contributed by atoms with Crippen molar-refractivity contribution in [2.75, 3.05) is 0 Å². The van der Waals surface area contributed by atoms with E-state index in [0.717, 1.165) is 40.1 Å². The molecule has 3 aliphatic carbocycles. The predicted octanol–water partition coefficient (Wildman–Crippen LogP) is 8.63. The Hall–Kier alpha value is 0.350. The van der Waals surface area contributed by atoms with Crippen LogP contribution in [0.2, 0.25) is 0 Å². The molecule has 4 aliphatic rings. The van der Waals surface area contributed by atoms with Crippen LogP contribution in [-0.2, 0) is 0 Å². The van der Waals surface area contributed by atoms with Gasteiger partial charge < -0.3 is 0 Å². The van der Waals surface area contributed by atoms with E-state index in [9.17, 15) is 0 Å². The van der Waals surface area contributed by atoms with Crippen LogP contribution in [0.1, 0.15) is 122 Å². The van der Waals surface area contributed by atoms with Crippen molar-refractivity contribution in [1.82, 2.24) is 0 Å². The van der Waals surface area contributed by atoms with Crippen molar-refractivity contribution in [3.8, 4) is 0 Å². The Kier molecular flexibility index (Phi) is 7.94. The highest BCUT2D eigenvalue weighted by Crippen LogP contribution is 2.55. The quantitative estimate of drug-likeness (QED) is 0.374. The molecule has 0 spiro atoms. The van der Waals surface area contributed by atoms with Crippen LogP contribution in [0.5, 0.6) is 0 Å². The van der Waals surface area contributed by atoms with E-state index in [1.54, 1.807) is 64.2 Å². The minimum absolute atomic E-state index is 1.05. The third-order valence-electron chi connectivity index (χ3n) is 9.00. The summed E-state index contributed by atoms with van der Waals surface area (Å²) in [7, 11) is 0. The maximum absolute atomic E-state index is 2.49. The molecule has 0 aromatic carbocycles. The van der Waals surface area contributed by atoms with Crippen LogP contribution < -0.4 is 0 Å². The number of rotatable bonds is 8. The first-order valence-electron chi connectivity index (χ1n) is 13.0. The summed E-state index contributed by atoms with van der Waals surface area (Å²) in [4.78, 5) is 0. The van der Waals surface area contributed by atoms with Gasteiger partial charge in [-0.3, -0.25) is 0 Å². The summed E-state index contributed by atoms with van der Waals surface area (Å²) in [6, 6.07) is 0. The highest BCUT2D eigenvalue weighted by molar-refractivity contribution is 8.00. The van der Waals surface area contributed by atoms with Crippen LogP contribution in [-0.4, -0.2) is 10.5 Å². The molecular formula is C26H46S. The van der Waals surface area contributed by atoms with Gasteiger partial charge in [-0.25, -0.2) is 0 Å². The normalized spacial score (nSPS) is 41.9. The molecule has 5 unspecified atom stereocenters. The predicted molar refractivity (Wildman–Crippen MR) is 121 cm³/mol. The minimum atomic E-state index is 1.05. The van der Waals surface area contributed by atoms with E-state index in [0.29, 0.717) is 0 Å². The maximum Gasteiger partial charge on any atom is 0.00814 e. The lowest BCUT2D eigenvalue weighted by atomic mass is 9.66. The summed E-state index contributed by atoms with van der Waals surface area (Å²) in [6.07, 6.45) is 27.7. The molecule has 0 N–H and O–H groups in total. The highest BCUT2D eigenvalue weighted by atomic mass is 32.2. The third-order valence-corrected chi connectivity index (χ3v) is 10.9. The molecule has 0 radical (unpaired) electrons. The van der Waals surface area contributed by atoms with Crippen LogP contribution in [0.25, 0.3) is 0 Å². The minimum Gasteiger partial charge on any atom is -0.155 e. The molecule has 5 atom stereocenters. The Morgan fingerprint density at radius 3 is 2.00 bits per heavy atom. The van der Waals surface area contributed by atoms with Crippen molar-refractivity contribution in [1.29, 1.82) is 0 Å². The fraction of sp³-hybridized carbons (Fsp3) is 1.00. The zero-order chi connectivity index (χ0) is 18.5. The molecule has 4 rings (SSSR count). The van der Waals surface area contributed by atoms with Crippen molar-refractivity contribution in [3.63, 3.8) is 0 Å². The van der Waals surface area contributed by atoms with Gasteiger partial charge in [0.2, 0.25) is 0 Å². The Morgan fingerprint density at radius 2 is 1.22 bits per heavy atom. The summed E-state index contributed by atoms with van der Waals surface area (Å²) in [5.74, 6) is 5.54. The summed E-state index contributed by atoms with van der Waals surface area (Å²) in [5.41, 5.74) is 0. The standard InChI is InChI=1S/C26H46S/c1-2-3-4-5-6-7-10-20-13-15-21(16-14-20)25-19-24-17-22-11-8-9-12-23(22)18-26(24)27-25/h20-26H,2-19H2,1H3. The summed E-state index contributed by atoms with van der Waals surface area (Å²) in [6.45, 7) is 2.32. The van der Waals surface area contributed by atoms with Gasteiger partial charge in [-0.15, -0.1) is 0 Å². The maximum atomic E-state index is 2.49. The molecule has 0 aromatic heterocycles. The molecule has 0 aromatic rings. The van der Waals surface area contributed by atoms with Gasteiger partial charge in [0.15, 0.2) is 0 Å². The fourth-order valence-corrected chi connectivity index (χ4v) is 9.40. The number of hydrogen-bond acceptors (Lipinski definition) is 1. The number of thioether (sulfide) groups is 1. The first kappa shape index (κ1) is 20.6. The summed E-state index contributed by atoms with van der Waals surface area (Å²) < 4.78 is 0. The van der Waals surface area contributed by atoms with E-state index in [4.69, 9.17) is 0 Å². The van der Waals surface area contributed by atoms with E-state index in [1.807, 2.05) is 0 Å². The van der Waals surface area contributed by atoms with Crippen LogP contribution in [0.4, 0.5) is 0 Å². The topological polar surface area (TPSA) is 0 Å². The molecule has 156 valence electrons. The smallest absolute Gasteiger partial charge is 0.00814 e. The molecule has 1 heterocycles. The van der Waals surface area contributed by atoms with Crippen molar-refractivity contribution in [2.45, 2.75) is 133 Å². The van der Waals surface area contributed by atoms with Crippen LogP contribution >= 0.6 is 11.8 Å². The number of fused-ring (bicyclic) bond motifs is 2.